The van der Waals surface area contributed by atoms with Crippen LogP contribution in [0.15, 0.2) is 18.2 Å². The Morgan fingerprint density at radius 3 is 2.50 bits per heavy atom. The van der Waals surface area contributed by atoms with E-state index >= 15 is 0 Å². The predicted octanol–water partition coefficient (Wildman–Crippen LogP) is 2.31. The van der Waals surface area contributed by atoms with Gasteiger partial charge in [-0.1, -0.05) is 13.0 Å². The van der Waals surface area contributed by atoms with Crippen LogP contribution in [0.25, 0.3) is 0 Å². The molecule has 6 heteroatoms. The molecule has 1 N–H and O–H groups in total. The number of sulfone groups is 1. The van der Waals surface area contributed by atoms with E-state index in [0.717, 1.165) is 6.42 Å². The van der Waals surface area contributed by atoms with Gasteiger partial charge in [0.2, 0.25) is 0 Å². The Hall–Kier alpha value is -1.14. The zero-order valence-electron chi connectivity index (χ0n) is 12.3. The maximum atomic E-state index is 14.1. The lowest BCUT2D eigenvalue weighted by molar-refractivity contribution is 0.408. The summed E-state index contributed by atoms with van der Waals surface area (Å²) in [4.78, 5) is 0. The first-order valence-electron chi connectivity index (χ1n) is 6.57. The van der Waals surface area contributed by atoms with Crippen LogP contribution in [0.5, 0.6) is 5.75 Å². The van der Waals surface area contributed by atoms with E-state index < -0.39 is 26.9 Å². The highest BCUT2D eigenvalue weighted by molar-refractivity contribution is 7.91. The van der Waals surface area contributed by atoms with Crippen LogP contribution in [-0.2, 0) is 9.84 Å². The lowest BCUT2D eigenvalue weighted by Crippen LogP contribution is -2.36. The van der Waals surface area contributed by atoms with Gasteiger partial charge in [0.05, 0.1) is 18.4 Å². The van der Waals surface area contributed by atoms with Gasteiger partial charge in [0.1, 0.15) is 11.6 Å². The molecule has 0 heterocycles. The molecule has 1 rings (SSSR count). The molecule has 0 radical (unpaired) electrons. The quantitative estimate of drug-likeness (QED) is 0.840. The molecule has 0 aliphatic heterocycles. The molecule has 1 aromatic rings. The molecule has 0 saturated heterocycles. The molecule has 0 amide bonds. The summed E-state index contributed by atoms with van der Waals surface area (Å²) in [5, 5.41) is 2.40. The van der Waals surface area contributed by atoms with E-state index in [1.165, 1.54) is 19.4 Å². The van der Waals surface area contributed by atoms with Gasteiger partial charge in [0.25, 0.3) is 0 Å². The molecule has 0 spiro atoms. The second-order valence-electron chi connectivity index (χ2n) is 4.85. The van der Waals surface area contributed by atoms with Crippen molar-refractivity contribution < 1.29 is 17.5 Å². The van der Waals surface area contributed by atoms with Gasteiger partial charge in [-0.3, -0.25) is 0 Å². The summed E-state index contributed by atoms with van der Waals surface area (Å²) in [5.74, 6) is -0.0547. The number of benzene rings is 1. The number of halogens is 1. The molecular formula is C14H22FNO3S. The standard InChI is InChI=1S/C14H22FNO3S/c1-5-8-16-14(10(2)20(4,17)18)12-7-6-11(19-3)9-13(12)15/h6-7,9-10,14,16H,5,8H2,1-4H3. The molecule has 2 atom stereocenters. The van der Waals surface area contributed by atoms with E-state index in [-0.39, 0.29) is 0 Å². The predicted molar refractivity (Wildman–Crippen MR) is 78.3 cm³/mol. The summed E-state index contributed by atoms with van der Waals surface area (Å²) in [6.07, 6.45) is 2.00. The van der Waals surface area contributed by atoms with Crippen molar-refractivity contribution in [2.45, 2.75) is 31.6 Å². The highest BCUT2D eigenvalue weighted by Crippen LogP contribution is 2.27. The summed E-state index contributed by atoms with van der Waals surface area (Å²) < 4.78 is 42.6. The largest absolute Gasteiger partial charge is 0.497 e. The van der Waals surface area contributed by atoms with Crippen molar-refractivity contribution in [2.24, 2.45) is 0 Å². The van der Waals surface area contributed by atoms with Crippen LogP contribution < -0.4 is 10.1 Å². The highest BCUT2D eigenvalue weighted by Gasteiger charge is 2.29. The number of methoxy groups -OCH3 is 1. The fraction of sp³-hybridized carbons (Fsp3) is 0.571. The first-order chi connectivity index (χ1) is 9.31. The Bertz CT molecular complexity index is 545. The lowest BCUT2D eigenvalue weighted by atomic mass is 10.0. The second-order valence-corrected chi connectivity index (χ2v) is 7.26. The second kappa shape index (κ2) is 7.04. The van der Waals surface area contributed by atoms with E-state index in [0.29, 0.717) is 17.9 Å². The van der Waals surface area contributed by atoms with Crippen molar-refractivity contribution >= 4 is 9.84 Å². The van der Waals surface area contributed by atoms with Crippen molar-refractivity contribution in [3.05, 3.63) is 29.6 Å². The zero-order chi connectivity index (χ0) is 15.3. The Morgan fingerprint density at radius 1 is 1.40 bits per heavy atom. The molecule has 0 aromatic heterocycles. The van der Waals surface area contributed by atoms with Crippen LogP contribution >= 0.6 is 0 Å². The Kier molecular flexibility index (Phi) is 5.95. The third kappa shape index (κ3) is 4.18. The summed E-state index contributed by atoms with van der Waals surface area (Å²) in [7, 11) is -1.81. The van der Waals surface area contributed by atoms with Gasteiger partial charge in [-0.25, -0.2) is 12.8 Å². The number of hydrogen-bond acceptors (Lipinski definition) is 4. The molecule has 2 unspecified atom stereocenters. The minimum absolute atomic E-state index is 0.345. The summed E-state index contributed by atoms with van der Waals surface area (Å²) in [5.41, 5.74) is 0.345. The van der Waals surface area contributed by atoms with E-state index in [9.17, 15) is 12.8 Å². The molecular weight excluding hydrogens is 281 g/mol. The van der Waals surface area contributed by atoms with Crippen LogP contribution in [0.1, 0.15) is 31.9 Å². The molecule has 114 valence electrons. The van der Waals surface area contributed by atoms with Gasteiger partial charge < -0.3 is 10.1 Å². The molecule has 20 heavy (non-hydrogen) atoms. The smallest absolute Gasteiger partial charge is 0.151 e. The first-order valence-corrected chi connectivity index (χ1v) is 8.52. The minimum Gasteiger partial charge on any atom is -0.497 e. The van der Waals surface area contributed by atoms with Crippen molar-refractivity contribution in [3.8, 4) is 5.75 Å². The van der Waals surface area contributed by atoms with E-state index in [1.54, 1.807) is 19.1 Å². The van der Waals surface area contributed by atoms with Gasteiger partial charge in [0.15, 0.2) is 9.84 Å². The minimum atomic E-state index is -3.27. The molecule has 0 bridgehead atoms. The van der Waals surface area contributed by atoms with E-state index in [1.807, 2.05) is 6.92 Å². The zero-order valence-corrected chi connectivity index (χ0v) is 13.1. The van der Waals surface area contributed by atoms with Crippen LogP contribution in [-0.4, -0.2) is 33.6 Å². The number of rotatable bonds is 7. The van der Waals surface area contributed by atoms with Crippen LogP contribution in [0.2, 0.25) is 0 Å². The van der Waals surface area contributed by atoms with Gasteiger partial charge in [-0.15, -0.1) is 0 Å². The van der Waals surface area contributed by atoms with Crippen LogP contribution in [0, 0.1) is 5.82 Å². The fourth-order valence-electron chi connectivity index (χ4n) is 1.96. The van der Waals surface area contributed by atoms with E-state index in [2.05, 4.69) is 5.32 Å². The monoisotopic (exact) mass is 303 g/mol. The molecule has 0 aliphatic carbocycles. The van der Waals surface area contributed by atoms with Crippen molar-refractivity contribution in [2.75, 3.05) is 19.9 Å². The molecule has 0 saturated carbocycles. The van der Waals surface area contributed by atoms with Gasteiger partial charge in [0, 0.05) is 17.9 Å². The molecule has 1 aromatic carbocycles. The van der Waals surface area contributed by atoms with Crippen molar-refractivity contribution in [3.63, 3.8) is 0 Å². The maximum absolute atomic E-state index is 14.1. The average molecular weight is 303 g/mol. The number of hydrogen-bond donors (Lipinski definition) is 1. The number of ether oxygens (including phenoxy) is 1. The third-order valence-corrected chi connectivity index (χ3v) is 4.92. The summed E-state index contributed by atoms with van der Waals surface area (Å²) >= 11 is 0. The maximum Gasteiger partial charge on any atom is 0.151 e. The van der Waals surface area contributed by atoms with Gasteiger partial charge in [-0.05, 0) is 26.0 Å². The Balaban J connectivity index is 3.17. The van der Waals surface area contributed by atoms with Crippen molar-refractivity contribution in [1.29, 1.82) is 0 Å². The SMILES string of the molecule is CCCNC(c1ccc(OC)cc1F)C(C)S(C)(=O)=O. The highest BCUT2D eigenvalue weighted by atomic mass is 32.2. The third-order valence-electron chi connectivity index (χ3n) is 3.30. The molecule has 0 aliphatic rings. The lowest BCUT2D eigenvalue weighted by Gasteiger charge is -2.25. The van der Waals surface area contributed by atoms with Crippen LogP contribution in [0.4, 0.5) is 4.39 Å². The normalized spacial score (nSPS) is 14.8. The topological polar surface area (TPSA) is 55.4 Å². The van der Waals surface area contributed by atoms with Crippen LogP contribution in [0.3, 0.4) is 0 Å². The van der Waals surface area contributed by atoms with E-state index in [4.69, 9.17) is 4.74 Å². The number of nitrogens with one attached hydrogen (secondary N) is 1. The summed E-state index contributed by atoms with van der Waals surface area (Å²) in [6, 6.07) is 3.90. The Morgan fingerprint density at radius 2 is 2.05 bits per heavy atom. The fourth-order valence-corrected chi connectivity index (χ4v) is 2.70. The van der Waals surface area contributed by atoms with Gasteiger partial charge >= 0.3 is 0 Å². The summed E-state index contributed by atoms with van der Waals surface area (Å²) in [6.45, 7) is 4.18. The van der Waals surface area contributed by atoms with Crippen molar-refractivity contribution in [1.82, 2.24) is 5.32 Å². The molecule has 0 fully saturated rings. The Labute approximate surface area is 120 Å². The average Bonchev–Trinajstić information content (AvgIpc) is 2.39. The molecule has 4 nitrogen and oxygen atoms in total. The first kappa shape index (κ1) is 16.9. The van der Waals surface area contributed by atoms with Gasteiger partial charge in [-0.2, -0.15) is 0 Å².